The molecule has 2 heterocycles. The van der Waals surface area contributed by atoms with E-state index in [4.69, 9.17) is 21.1 Å². The topological polar surface area (TPSA) is 60.5 Å². The molecule has 1 aliphatic carbocycles. The molecule has 1 saturated heterocycles. The van der Waals surface area contributed by atoms with E-state index < -0.39 is 0 Å². The number of pyridine rings is 1. The Morgan fingerprint density at radius 1 is 1.15 bits per heavy atom. The fourth-order valence-corrected chi connectivity index (χ4v) is 4.96. The summed E-state index contributed by atoms with van der Waals surface area (Å²) in [5.41, 5.74) is 3.97. The van der Waals surface area contributed by atoms with Gasteiger partial charge in [0.25, 0.3) is 0 Å². The number of nitrogens with zero attached hydrogens (tertiary/aromatic N) is 1. The number of ether oxygens (including phenoxy) is 2. The molecule has 1 aliphatic heterocycles. The molecule has 0 amide bonds. The van der Waals surface area contributed by atoms with Crippen LogP contribution in [0.1, 0.15) is 43.2 Å². The number of aromatic nitrogens is 1. The van der Waals surface area contributed by atoms with Crippen LogP contribution in [0.4, 0.5) is 5.69 Å². The van der Waals surface area contributed by atoms with Crippen molar-refractivity contribution >= 4 is 34.0 Å². The highest BCUT2D eigenvalue weighted by molar-refractivity contribution is 6.31. The van der Waals surface area contributed by atoms with Crippen molar-refractivity contribution in [1.29, 1.82) is 0 Å². The lowest BCUT2D eigenvalue weighted by Gasteiger charge is -2.32. The molecule has 1 N–H and O–H groups in total. The molecule has 178 valence electrons. The maximum atomic E-state index is 12.8. The number of carbonyl (C=O) groups is 1. The second-order valence-electron chi connectivity index (χ2n) is 9.45. The maximum Gasteiger partial charge on any atom is 0.140 e. The molecule has 0 bridgehead atoms. The number of Topliss-reactive ketones (excluding diaryl/α,β-unsaturated/α-hetero) is 1. The summed E-state index contributed by atoms with van der Waals surface area (Å²) >= 11 is 6.35. The molecule has 1 aromatic heterocycles. The Hall–Kier alpha value is -2.47. The number of nitrogens with one attached hydrogen (secondary N) is 1. The quantitative estimate of drug-likeness (QED) is 0.410. The van der Waals surface area contributed by atoms with Gasteiger partial charge in [-0.05, 0) is 49.4 Å². The van der Waals surface area contributed by atoms with Gasteiger partial charge in [-0.3, -0.25) is 9.78 Å². The lowest BCUT2D eigenvalue weighted by Crippen LogP contribution is -2.36. The second kappa shape index (κ2) is 10.9. The highest BCUT2D eigenvalue weighted by Gasteiger charge is 2.28. The molecular formula is C28H31ClN2O3. The summed E-state index contributed by atoms with van der Waals surface area (Å²) in [6.07, 6.45) is 7.22. The second-order valence-corrected chi connectivity index (χ2v) is 9.89. The van der Waals surface area contributed by atoms with Gasteiger partial charge in [-0.15, -0.1) is 0 Å². The van der Waals surface area contributed by atoms with Crippen LogP contribution in [0, 0.1) is 5.92 Å². The van der Waals surface area contributed by atoms with Gasteiger partial charge in [0, 0.05) is 52.8 Å². The zero-order valence-corrected chi connectivity index (χ0v) is 20.1. The number of benzene rings is 2. The predicted molar refractivity (Wildman–Crippen MR) is 135 cm³/mol. The Labute approximate surface area is 205 Å². The lowest BCUT2D eigenvalue weighted by molar-refractivity contribution is -0.124. The van der Waals surface area contributed by atoms with Crippen molar-refractivity contribution in [3.63, 3.8) is 0 Å². The molecule has 6 heteroatoms. The SMILES string of the molecule is O=C(Cc1cnc2ccc(Cl)cc2c1N[C@@H]1CCO[C@H](COCc2ccccc2)C1)C1CCC1. The number of rotatable bonds is 9. The van der Waals surface area contributed by atoms with E-state index in [1.54, 1.807) is 0 Å². The zero-order chi connectivity index (χ0) is 23.3. The van der Waals surface area contributed by atoms with Crippen LogP contribution in [0.15, 0.2) is 54.7 Å². The number of ketones is 1. The summed E-state index contributed by atoms with van der Waals surface area (Å²) in [4.78, 5) is 17.4. The van der Waals surface area contributed by atoms with Crippen LogP contribution in [0.25, 0.3) is 10.9 Å². The first-order valence-electron chi connectivity index (χ1n) is 12.3. The molecule has 2 aromatic carbocycles. The Morgan fingerprint density at radius 3 is 2.79 bits per heavy atom. The van der Waals surface area contributed by atoms with E-state index in [1.807, 2.05) is 42.6 Å². The van der Waals surface area contributed by atoms with Crippen molar-refractivity contribution < 1.29 is 14.3 Å². The predicted octanol–water partition coefficient (Wildman–Crippen LogP) is 5.98. The summed E-state index contributed by atoms with van der Waals surface area (Å²) in [5, 5.41) is 5.38. The molecule has 2 atom stereocenters. The normalized spacial score (nSPS) is 20.7. The van der Waals surface area contributed by atoms with E-state index in [-0.39, 0.29) is 18.1 Å². The van der Waals surface area contributed by atoms with Crippen molar-refractivity contribution in [2.75, 3.05) is 18.5 Å². The third-order valence-corrected chi connectivity index (χ3v) is 7.20. The van der Waals surface area contributed by atoms with E-state index in [2.05, 4.69) is 22.4 Å². The first-order valence-corrected chi connectivity index (χ1v) is 12.6. The number of hydrogen-bond acceptors (Lipinski definition) is 5. The van der Waals surface area contributed by atoms with E-state index in [1.165, 1.54) is 0 Å². The van der Waals surface area contributed by atoms with Gasteiger partial charge >= 0.3 is 0 Å². The van der Waals surface area contributed by atoms with Gasteiger partial charge in [0.2, 0.25) is 0 Å². The molecule has 5 rings (SSSR count). The van der Waals surface area contributed by atoms with Crippen LogP contribution in [0.2, 0.25) is 5.02 Å². The van der Waals surface area contributed by atoms with Crippen molar-refractivity contribution in [2.45, 2.75) is 57.3 Å². The van der Waals surface area contributed by atoms with Crippen LogP contribution in [0.5, 0.6) is 0 Å². The number of fused-ring (bicyclic) bond motifs is 1. The van der Waals surface area contributed by atoms with Gasteiger partial charge < -0.3 is 14.8 Å². The average Bonchev–Trinajstić information content (AvgIpc) is 2.80. The van der Waals surface area contributed by atoms with E-state index in [9.17, 15) is 4.79 Å². The van der Waals surface area contributed by atoms with Gasteiger partial charge in [-0.1, -0.05) is 48.4 Å². The van der Waals surface area contributed by atoms with Crippen LogP contribution in [0.3, 0.4) is 0 Å². The summed E-state index contributed by atoms with van der Waals surface area (Å²) in [5.74, 6) is 0.522. The number of hydrogen-bond donors (Lipinski definition) is 1. The number of anilines is 1. The third kappa shape index (κ3) is 5.60. The molecule has 0 spiro atoms. The fourth-order valence-electron chi connectivity index (χ4n) is 4.79. The summed E-state index contributed by atoms with van der Waals surface area (Å²) < 4.78 is 11.9. The van der Waals surface area contributed by atoms with Gasteiger partial charge in [-0.25, -0.2) is 0 Å². The Kier molecular flexibility index (Phi) is 7.43. The minimum Gasteiger partial charge on any atom is -0.381 e. The third-order valence-electron chi connectivity index (χ3n) is 6.96. The minimum atomic E-state index is 0.0340. The summed E-state index contributed by atoms with van der Waals surface area (Å²) in [7, 11) is 0. The van der Waals surface area contributed by atoms with Crippen molar-refractivity contribution in [3.05, 3.63) is 70.9 Å². The van der Waals surface area contributed by atoms with Gasteiger partial charge in [0.15, 0.2) is 0 Å². The molecule has 34 heavy (non-hydrogen) atoms. The average molecular weight is 479 g/mol. The van der Waals surface area contributed by atoms with E-state index >= 15 is 0 Å². The first kappa shape index (κ1) is 23.3. The Morgan fingerprint density at radius 2 is 2.00 bits per heavy atom. The maximum absolute atomic E-state index is 12.8. The highest BCUT2D eigenvalue weighted by Crippen LogP contribution is 2.34. The number of carbonyl (C=O) groups excluding carboxylic acids is 1. The monoisotopic (exact) mass is 478 g/mol. The molecule has 2 fully saturated rings. The van der Waals surface area contributed by atoms with Gasteiger partial charge in [-0.2, -0.15) is 0 Å². The first-order chi connectivity index (χ1) is 16.7. The van der Waals surface area contributed by atoms with E-state index in [0.29, 0.717) is 37.0 Å². The zero-order valence-electron chi connectivity index (χ0n) is 19.3. The van der Waals surface area contributed by atoms with Crippen LogP contribution in [-0.2, 0) is 27.3 Å². The Bertz CT molecular complexity index is 1130. The van der Waals surface area contributed by atoms with Crippen LogP contribution in [-0.4, -0.2) is 36.1 Å². The molecule has 0 radical (unpaired) electrons. The standard InChI is InChI=1S/C28H31ClN2O3/c29-22-9-10-26-25(14-22)28(21(16-30-26)13-27(32)20-7-4-8-20)31-23-11-12-34-24(15-23)18-33-17-19-5-2-1-3-6-19/h1-3,5-6,9-10,14,16,20,23-24H,4,7-8,11-13,15,17-18H2,(H,30,31)/t23-,24+/m1/s1. The molecule has 0 unspecified atom stereocenters. The van der Waals surface area contributed by atoms with E-state index in [0.717, 1.165) is 59.8 Å². The van der Waals surface area contributed by atoms with Gasteiger partial charge in [0.1, 0.15) is 5.78 Å². The summed E-state index contributed by atoms with van der Waals surface area (Å²) in [6, 6.07) is 16.1. The highest BCUT2D eigenvalue weighted by atomic mass is 35.5. The summed E-state index contributed by atoms with van der Waals surface area (Å²) in [6.45, 7) is 1.82. The fraction of sp³-hybridized carbons (Fsp3) is 0.429. The number of halogens is 1. The van der Waals surface area contributed by atoms with Crippen molar-refractivity contribution in [2.24, 2.45) is 5.92 Å². The minimum absolute atomic E-state index is 0.0340. The largest absolute Gasteiger partial charge is 0.381 e. The van der Waals surface area contributed by atoms with Crippen molar-refractivity contribution in [1.82, 2.24) is 4.98 Å². The van der Waals surface area contributed by atoms with Crippen LogP contribution < -0.4 is 5.32 Å². The lowest BCUT2D eigenvalue weighted by atomic mass is 9.80. The van der Waals surface area contributed by atoms with Gasteiger partial charge in [0.05, 0.1) is 24.8 Å². The molecule has 3 aromatic rings. The molecular weight excluding hydrogens is 448 g/mol. The Balaban J connectivity index is 1.29. The molecule has 2 aliphatic rings. The molecule has 5 nitrogen and oxygen atoms in total. The van der Waals surface area contributed by atoms with Crippen molar-refractivity contribution in [3.8, 4) is 0 Å². The smallest absolute Gasteiger partial charge is 0.140 e. The van der Waals surface area contributed by atoms with Crippen LogP contribution >= 0.6 is 11.6 Å². The molecule has 1 saturated carbocycles.